The Morgan fingerprint density at radius 1 is 1.42 bits per heavy atom. The summed E-state index contributed by atoms with van der Waals surface area (Å²) in [7, 11) is 0. The van der Waals surface area contributed by atoms with Crippen LogP contribution in [0.15, 0.2) is 24.3 Å². The zero-order valence-electron chi connectivity index (χ0n) is 11.5. The van der Waals surface area contributed by atoms with E-state index in [4.69, 9.17) is 0 Å². The highest BCUT2D eigenvalue weighted by Gasteiger charge is 2.24. The third-order valence-corrected chi connectivity index (χ3v) is 3.84. The molecule has 1 aliphatic heterocycles. The summed E-state index contributed by atoms with van der Waals surface area (Å²) in [4.78, 5) is 14.3. The molecular weight excluding hydrogens is 243 g/mol. The zero-order valence-corrected chi connectivity index (χ0v) is 11.5. The van der Waals surface area contributed by atoms with Crippen LogP contribution in [-0.2, 0) is 4.79 Å². The summed E-state index contributed by atoms with van der Waals surface area (Å²) >= 11 is 0. The predicted molar refractivity (Wildman–Crippen MR) is 74.5 cm³/mol. The second-order valence-electron chi connectivity index (χ2n) is 5.39. The normalized spacial score (nSPS) is 19.1. The van der Waals surface area contributed by atoms with Crippen molar-refractivity contribution in [3.05, 3.63) is 30.1 Å². The third-order valence-electron chi connectivity index (χ3n) is 3.84. The lowest BCUT2D eigenvalue weighted by atomic mass is 9.98. The largest absolute Gasteiger partial charge is 0.325 e. The number of piperidine rings is 1. The van der Waals surface area contributed by atoms with Crippen molar-refractivity contribution in [2.75, 3.05) is 18.4 Å². The van der Waals surface area contributed by atoms with Gasteiger partial charge in [0, 0.05) is 5.69 Å². The molecule has 3 nitrogen and oxygen atoms in total. The van der Waals surface area contributed by atoms with Gasteiger partial charge in [-0.25, -0.2) is 4.39 Å². The third kappa shape index (κ3) is 3.77. The Kier molecular flexibility index (Phi) is 4.53. The van der Waals surface area contributed by atoms with Gasteiger partial charge in [-0.05, 0) is 57.0 Å². The smallest absolute Gasteiger partial charge is 0.241 e. The minimum absolute atomic E-state index is 0.0693. The highest BCUT2D eigenvalue weighted by atomic mass is 19.1. The van der Waals surface area contributed by atoms with Gasteiger partial charge in [0.25, 0.3) is 0 Å². The van der Waals surface area contributed by atoms with E-state index < -0.39 is 0 Å². The number of halogens is 1. The summed E-state index contributed by atoms with van der Waals surface area (Å²) in [5.74, 6) is 0.340. The van der Waals surface area contributed by atoms with E-state index >= 15 is 0 Å². The van der Waals surface area contributed by atoms with Crippen LogP contribution >= 0.6 is 0 Å². The summed E-state index contributed by atoms with van der Waals surface area (Å²) < 4.78 is 13.1. The van der Waals surface area contributed by atoms with Gasteiger partial charge in [0.05, 0.1) is 6.04 Å². The Balaban J connectivity index is 1.92. The van der Waals surface area contributed by atoms with E-state index in [1.807, 2.05) is 6.92 Å². The fourth-order valence-corrected chi connectivity index (χ4v) is 2.39. The fraction of sp³-hybridized carbons (Fsp3) is 0.533. The van der Waals surface area contributed by atoms with Gasteiger partial charge in [0.1, 0.15) is 5.82 Å². The van der Waals surface area contributed by atoms with E-state index in [-0.39, 0.29) is 17.8 Å². The molecule has 1 aromatic rings. The topological polar surface area (TPSA) is 32.3 Å². The first-order valence-electron chi connectivity index (χ1n) is 6.87. The molecule has 1 heterocycles. The Hall–Kier alpha value is -1.42. The van der Waals surface area contributed by atoms with Crippen molar-refractivity contribution in [3.8, 4) is 0 Å². The summed E-state index contributed by atoms with van der Waals surface area (Å²) in [6, 6.07) is 5.83. The van der Waals surface area contributed by atoms with Crippen LogP contribution < -0.4 is 5.32 Å². The van der Waals surface area contributed by atoms with E-state index in [2.05, 4.69) is 17.1 Å². The number of carbonyl (C=O) groups is 1. The van der Waals surface area contributed by atoms with Crippen molar-refractivity contribution in [1.82, 2.24) is 4.90 Å². The van der Waals surface area contributed by atoms with Gasteiger partial charge in [-0.15, -0.1) is 0 Å². The van der Waals surface area contributed by atoms with E-state index in [1.54, 1.807) is 12.1 Å². The fourth-order valence-electron chi connectivity index (χ4n) is 2.39. The molecule has 0 aromatic heterocycles. The molecule has 1 N–H and O–H groups in total. The second kappa shape index (κ2) is 6.15. The summed E-state index contributed by atoms with van der Waals surface area (Å²) in [5, 5.41) is 2.77. The highest BCUT2D eigenvalue weighted by Crippen LogP contribution is 2.19. The van der Waals surface area contributed by atoms with Crippen LogP contribution in [0.4, 0.5) is 10.1 Å². The van der Waals surface area contributed by atoms with Gasteiger partial charge < -0.3 is 5.32 Å². The lowest BCUT2D eigenvalue weighted by Gasteiger charge is -2.34. The molecule has 2 rings (SSSR count). The Morgan fingerprint density at radius 3 is 2.74 bits per heavy atom. The maximum Gasteiger partial charge on any atom is 0.241 e. The van der Waals surface area contributed by atoms with Gasteiger partial charge in [0.15, 0.2) is 0 Å². The predicted octanol–water partition coefficient (Wildman–Crippen LogP) is 2.88. The van der Waals surface area contributed by atoms with E-state index in [0.717, 1.165) is 31.8 Å². The molecule has 1 amide bonds. The summed E-state index contributed by atoms with van der Waals surface area (Å²) in [6.07, 6.45) is 2.27. The number of rotatable bonds is 3. The molecule has 1 aromatic carbocycles. The van der Waals surface area contributed by atoms with Crippen LogP contribution in [-0.4, -0.2) is 29.9 Å². The number of hydrogen-bond donors (Lipinski definition) is 1. The highest BCUT2D eigenvalue weighted by molar-refractivity contribution is 5.94. The van der Waals surface area contributed by atoms with Gasteiger partial charge in [-0.1, -0.05) is 13.0 Å². The molecule has 0 radical (unpaired) electrons. The van der Waals surface area contributed by atoms with E-state index in [9.17, 15) is 9.18 Å². The second-order valence-corrected chi connectivity index (χ2v) is 5.39. The standard InChI is InChI=1S/C15H21FN2O/c1-11-6-8-18(9-7-11)12(2)15(19)17-14-5-3-4-13(16)10-14/h3-5,10-12H,6-9H2,1-2H3,(H,17,19). The molecule has 0 spiro atoms. The Bertz CT molecular complexity index is 442. The minimum atomic E-state index is -0.336. The summed E-state index contributed by atoms with van der Waals surface area (Å²) in [6.45, 7) is 6.07. The average Bonchev–Trinajstić information content (AvgIpc) is 2.39. The monoisotopic (exact) mass is 264 g/mol. The molecule has 0 bridgehead atoms. The number of benzene rings is 1. The van der Waals surface area contributed by atoms with Crippen LogP contribution in [0.25, 0.3) is 0 Å². The molecule has 1 unspecified atom stereocenters. The molecule has 0 aliphatic carbocycles. The van der Waals surface area contributed by atoms with E-state index in [1.165, 1.54) is 12.1 Å². The van der Waals surface area contributed by atoms with Crippen molar-refractivity contribution < 1.29 is 9.18 Å². The lowest BCUT2D eigenvalue weighted by molar-refractivity contribution is -0.121. The van der Waals surface area contributed by atoms with E-state index in [0.29, 0.717) is 5.69 Å². The maximum atomic E-state index is 13.1. The lowest BCUT2D eigenvalue weighted by Crippen LogP contribution is -2.45. The summed E-state index contributed by atoms with van der Waals surface area (Å²) in [5.41, 5.74) is 0.516. The Labute approximate surface area is 113 Å². The molecular formula is C15H21FN2O. The van der Waals surface area contributed by atoms with Crippen LogP contribution in [0.5, 0.6) is 0 Å². The van der Waals surface area contributed by atoms with Gasteiger partial charge in [-0.2, -0.15) is 0 Å². The average molecular weight is 264 g/mol. The maximum absolute atomic E-state index is 13.1. The van der Waals surface area contributed by atoms with Crippen molar-refractivity contribution >= 4 is 11.6 Å². The van der Waals surface area contributed by atoms with Crippen LogP contribution in [0.2, 0.25) is 0 Å². The van der Waals surface area contributed by atoms with Crippen molar-refractivity contribution in [1.29, 1.82) is 0 Å². The number of carbonyl (C=O) groups excluding carboxylic acids is 1. The molecule has 4 heteroatoms. The zero-order chi connectivity index (χ0) is 13.8. The number of amides is 1. The van der Waals surface area contributed by atoms with Crippen molar-refractivity contribution in [3.63, 3.8) is 0 Å². The van der Waals surface area contributed by atoms with Crippen LogP contribution in [0, 0.1) is 11.7 Å². The van der Waals surface area contributed by atoms with Crippen LogP contribution in [0.3, 0.4) is 0 Å². The molecule has 104 valence electrons. The first kappa shape index (κ1) is 14.0. The number of anilines is 1. The first-order chi connectivity index (χ1) is 9.06. The molecule has 1 atom stereocenters. The number of likely N-dealkylation sites (tertiary alicyclic amines) is 1. The molecule has 1 aliphatic rings. The van der Waals surface area contributed by atoms with Gasteiger partial charge >= 0.3 is 0 Å². The Morgan fingerprint density at radius 2 is 2.11 bits per heavy atom. The molecule has 0 saturated carbocycles. The number of nitrogens with one attached hydrogen (secondary N) is 1. The SMILES string of the molecule is CC1CCN(C(C)C(=O)Nc2cccc(F)c2)CC1. The van der Waals surface area contributed by atoms with Crippen molar-refractivity contribution in [2.45, 2.75) is 32.7 Å². The number of hydrogen-bond acceptors (Lipinski definition) is 2. The number of nitrogens with zero attached hydrogens (tertiary/aromatic N) is 1. The quantitative estimate of drug-likeness (QED) is 0.910. The molecule has 1 saturated heterocycles. The minimum Gasteiger partial charge on any atom is -0.325 e. The first-order valence-corrected chi connectivity index (χ1v) is 6.87. The van der Waals surface area contributed by atoms with Gasteiger partial charge in [-0.3, -0.25) is 9.69 Å². The molecule has 1 fully saturated rings. The van der Waals surface area contributed by atoms with Crippen LogP contribution in [0.1, 0.15) is 26.7 Å². The van der Waals surface area contributed by atoms with Gasteiger partial charge in [0.2, 0.25) is 5.91 Å². The molecule has 19 heavy (non-hydrogen) atoms. The van der Waals surface area contributed by atoms with Crippen molar-refractivity contribution in [2.24, 2.45) is 5.92 Å².